The van der Waals surface area contributed by atoms with Gasteiger partial charge in [-0.25, -0.2) is 19.2 Å². The first kappa shape index (κ1) is 76.3. The molecule has 0 saturated heterocycles. The molecule has 4 aromatic heterocycles. The van der Waals surface area contributed by atoms with Gasteiger partial charge >= 0.3 is 24.1 Å². The Labute approximate surface area is 646 Å². The Hall–Kier alpha value is -13.9. The number of ketones is 4. The lowest BCUT2D eigenvalue weighted by Gasteiger charge is -2.33. The van der Waals surface area contributed by atoms with Crippen LogP contribution in [0.3, 0.4) is 0 Å². The van der Waals surface area contributed by atoms with Crippen molar-refractivity contribution in [2.75, 3.05) is 53.1 Å². The van der Waals surface area contributed by atoms with E-state index in [1.807, 2.05) is 97.9 Å². The molecule has 0 bridgehead atoms. The fourth-order valence-corrected chi connectivity index (χ4v) is 14.4. The first-order valence-electron chi connectivity index (χ1n) is 37.1. The van der Waals surface area contributed by atoms with Gasteiger partial charge in [-0.3, -0.25) is 58.7 Å². The van der Waals surface area contributed by atoms with Gasteiger partial charge in [0.1, 0.15) is 42.7 Å². The van der Waals surface area contributed by atoms with Crippen LogP contribution in [0.15, 0.2) is 205 Å². The van der Waals surface area contributed by atoms with Crippen LogP contribution in [0.5, 0.6) is 23.0 Å². The van der Waals surface area contributed by atoms with E-state index in [-0.39, 0.29) is 48.3 Å². The molecule has 4 N–H and O–H groups in total. The molecule has 26 heteroatoms. The zero-order valence-electron chi connectivity index (χ0n) is 62.3. The number of nitrogens with zero attached hydrogens (tertiary/aromatic N) is 10. The molecular formula is C86H80N14O12. The molecule has 4 unspecified atom stereocenters. The van der Waals surface area contributed by atoms with Gasteiger partial charge in [0, 0.05) is 38.4 Å². The Morgan fingerprint density at radius 1 is 0.402 bits per heavy atom. The first-order chi connectivity index (χ1) is 54.6. The first-order valence-corrected chi connectivity index (χ1v) is 37.1. The maximum atomic E-state index is 13.2. The lowest BCUT2D eigenvalue weighted by Crippen LogP contribution is -2.46. The molecule has 4 aromatic carbocycles. The molecule has 16 rings (SSSR count). The standard InChI is InChI=1S/C22H20N4O3.C22H23N3O3.C21H16N4O3.C21H21N3O3/c1-2-3-12-29-15-7-4-6-14(13-15)18-17-20(26(11-9-23)22(28)25-18)19-16(21(17)27)8-5-10-24-19;1-3-5-12-28-15-9-6-8-14(13-15)18-17-20(25(4-2)22(27)24-18)19-16(21(17)26)10-7-11-23-19;1-2-11-28-14-6-3-5-13(12-14)17-16-19(25(10-8-22)21(27)24-17)18-15(20(16)26)7-4-9-23-18;1-3-4-11-27-14-8-5-7-13(12-14)17-16-19(24(2)21(26)23-17)18-15(20(16)25)9-6-10-22-18/h4-8,10,13,18H,2-3,11-12H2,1H3,(H,25,28);6-11,13,18H,3-5,12H2,1-2H3,(H,24,27);2-7,9,12,17H,1,10-11H2,(H,24,27);5-10,12,17H,3-4,11H2,1-2H3,(H,23,26). The minimum Gasteiger partial charge on any atom is -0.494 e. The Morgan fingerprint density at radius 3 is 1.01 bits per heavy atom. The van der Waals surface area contributed by atoms with Crippen LogP contribution >= 0.6 is 0 Å². The SMILES string of the molecule is C=CCOc1cccc(C2NC(=O)N(CC#N)C3=C2C(=O)c2cccnc23)c1.CCCCOc1cccc(C2NC(=O)N(C)C3=C2C(=O)c2cccnc23)c1.CCCCOc1cccc(C2NC(=O)N(CC#N)C3=C2C(=O)c2cccnc23)c1.CCCCOc1cccc(C2NC(=O)N(CC)C3=C2C(=O)c2cccnc23)c1. The van der Waals surface area contributed by atoms with Gasteiger partial charge in [-0.05, 0) is 146 Å². The number of hydrogen-bond acceptors (Lipinski definition) is 18. The molecule has 8 amide bonds. The van der Waals surface area contributed by atoms with E-state index >= 15 is 0 Å². The largest absolute Gasteiger partial charge is 0.494 e. The minimum absolute atomic E-state index is 0.0844. The smallest absolute Gasteiger partial charge is 0.323 e. The number of unbranched alkanes of at least 4 members (excludes halogenated alkanes) is 3. The van der Waals surface area contributed by atoms with Crippen molar-refractivity contribution in [1.82, 2.24) is 60.8 Å². The number of hydrogen-bond donors (Lipinski definition) is 4. The summed E-state index contributed by atoms with van der Waals surface area (Å²) in [7, 11) is 1.65. The van der Waals surface area contributed by atoms with Crippen LogP contribution in [0.2, 0.25) is 0 Å². The predicted octanol–water partition coefficient (Wildman–Crippen LogP) is 13.8. The third kappa shape index (κ3) is 15.0. The number of rotatable bonds is 22. The number of aromatic nitrogens is 4. The maximum absolute atomic E-state index is 13.2. The van der Waals surface area contributed by atoms with Gasteiger partial charge in [0.25, 0.3) is 0 Å². The van der Waals surface area contributed by atoms with E-state index < -0.39 is 36.2 Å². The summed E-state index contributed by atoms with van der Waals surface area (Å²) in [5, 5.41) is 30.0. The Balaban J connectivity index is 0.000000131. The van der Waals surface area contributed by atoms with E-state index in [4.69, 9.17) is 24.2 Å². The fourth-order valence-electron chi connectivity index (χ4n) is 14.4. The molecule has 112 heavy (non-hydrogen) atoms. The molecule has 0 fully saturated rings. The van der Waals surface area contributed by atoms with E-state index in [0.29, 0.717) is 140 Å². The summed E-state index contributed by atoms with van der Waals surface area (Å²) in [6.45, 7) is 14.2. The van der Waals surface area contributed by atoms with Crippen LogP contribution < -0.4 is 40.2 Å². The Morgan fingerprint density at radius 2 is 0.696 bits per heavy atom. The highest BCUT2D eigenvalue weighted by Gasteiger charge is 2.49. The number of ether oxygens (including phenoxy) is 4. The number of Topliss-reactive ketones (excluding diaryl/α,β-unsaturated/α-hetero) is 4. The van der Waals surface area contributed by atoms with Crippen molar-refractivity contribution in [3.8, 4) is 35.1 Å². The van der Waals surface area contributed by atoms with Gasteiger partial charge in [-0.2, -0.15) is 10.5 Å². The number of urea groups is 4. The van der Waals surface area contributed by atoms with Gasteiger partial charge in [-0.15, -0.1) is 0 Å². The Bertz CT molecular complexity index is 5340. The highest BCUT2D eigenvalue weighted by molar-refractivity contribution is 6.25. The summed E-state index contributed by atoms with van der Waals surface area (Å²) in [6.07, 6.45) is 14.1. The second kappa shape index (κ2) is 34.1. The summed E-state index contributed by atoms with van der Waals surface area (Å²) in [6, 6.07) is 43.7. The summed E-state index contributed by atoms with van der Waals surface area (Å²) >= 11 is 0. The van der Waals surface area contributed by atoms with Crippen molar-refractivity contribution in [2.24, 2.45) is 0 Å². The van der Waals surface area contributed by atoms with E-state index in [1.54, 1.807) is 110 Å². The number of pyridine rings is 4. The van der Waals surface area contributed by atoms with Gasteiger partial charge in [-0.1, -0.05) is 101 Å². The predicted molar refractivity (Wildman–Crippen MR) is 414 cm³/mol. The average Bonchev–Trinajstić information content (AvgIpc) is 1.59. The third-order valence-corrected chi connectivity index (χ3v) is 19.7. The summed E-state index contributed by atoms with van der Waals surface area (Å²) in [4.78, 5) is 126. The number of carbonyl (C=O) groups excluding carboxylic acids is 8. The van der Waals surface area contributed by atoms with E-state index in [9.17, 15) is 43.6 Å². The number of carbonyl (C=O) groups is 8. The van der Waals surface area contributed by atoms with E-state index in [0.717, 1.165) is 66.7 Å². The van der Waals surface area contributed by atoms with Crippen LogP contribution in [0, 0.1) is 22.7 Å². The normalized spacial score (nSPS) is 17.8. The number of fused-ring (bicyclic) bond motifs is 8. The van der Waals surface area contributed by atoms with E-state index in [1.165, 1.54) is 14.7 Å². The lowest BCUT2D eigenvalue weighted by molar-refractivity contribution is 0.101. The average molecular weight is 1500 g/mol. The molecule has 26 nitrogen and oxygen atoms in total. The van der Waals surface area contributed by atoms with Crippen molar-refractivity contribution in [3.05, 3.63) is 273 Å². The summed E-state index contributed by atoms with van der Waals surface area (Å²) < 4.78 is 23.0. The van der Waals surface area contributed by atoms with Crippen LogP contribution in [0.4, 0.5) is 19.2 Å². The van der Waals surface area contributed by atoms with Gasteiger partial charge in [0.15, 0.2) is 23.1 Å². The molecule has 4 atom stereocenters. The molecule has 0 saturated carbocycles. The molecule has 566 valence electrons. The molecule has 4 aliphatic heterocycles. The zero-order valence-corrected chi connectivity index (χ0v) is 62.3. The van der Waals surface area contributed by atoms with Crippen LogP contribution in [-0.2, 0) is 0 Å². The second-order valence-electron chi connectivity index (χ2n) is 26.8. The van der Waals surface area contributed by atoms with Crippen LogP contribution in [0.25, 0.3) is 22.8 Å². The van der Waals surface area contributed by atoms with Crippen molar-refractivity contribution < 1.29 is 57.3 Å². The summed E-state index contributed by atoms with van der Waals surface area (Å²) in [5.41, 5.74) is 11.0. The van der Waals surface area contributed by atoms with Crippen LogP contribution in [0.1, 0.15) is 177 Å². The topological polar surface area (TPSA) is 334 Å². The molecule has 8 heterocycles. The van der Waals surface area contributed by atoms with Crippen LogP contribution in [-0.4, -0.2) is 140 Å². The van der Waals surface area contributed by atoms with Gasteiger partial charge in [0.2, 0.25) is 0 Å². The Kier molecular flexibility index (Phi) is 23.3. The van der Waals surface area contributed by atoms with Gasteiger partial charge in [0.05, 0.1) is 146 Å². The van der Waals surface area contributed by atoms with E-state index in [2.05, 4.69) is 68.6 Å². The number of benzene rings is 4. The highest BCUT2D eigenvalue weighted by Crippen LogP contribution is 2.48. The molecule has 8 aromatic rings. The van der Waals surface area contributed by atoms with Gasteiger partial charge < -0.3 is 40.2 Å². The maximum Gasteiger partial charge on any atom is 0.323 e. The molecule has 4 aliphatic carbocycles. The zero-order chi connectivity index (χ0) is 78.7. The minimum atomic E-state index is -0.661. The van der Waals surface area contributed by atoms with Crippen molar-refractivity contribution in [3.63, 3.8) is 0 Å². The monoisotopic (exact) mass is 1500 g/mol. The number of nitriles is 2. The molecule has 0 spiro atoms. The van der Waals surface area contributed by atoms with Crippen molar-refractivity contribution >= 4 is 70.0 Å². The van der Waals surface area contributed by atoms with Crippen molar-refractivity contribution in [2.45, 2.75) is 90.4 Å². The molecule has 8 aliphatic rings. The quantitative estimate of drug-likeness (QED) is 0.0278. The number of nitrogens with one attached hydrogen (secondary N) is 4. The highest BCUT2D eigenvalue weighted by atomic mass is 16.5. The van der Waals surface area contributed by atoms with Crippen molar-refractivity contribution in [1.29, 1.82) is 10.5 Å². The fraction of sp³-hybridized carbons (Fsp3) is 0.256. The molecular weight excluding hydrogens is 1420 g/mol. The number of amides is 8. The lowest BCUT2D eigenvalue weighted by atomic mass is 9.94. The second-order valence-corrected chi connectivity index (χ2v) is 26.8. The molecule has 0 radical (unpaired) electrons. The summed E-state index contributed by atoms with van der Waals surface area (Å²) in [5.74, 6) is 2.19. The third-order valence-electron chi connectivity index (χ3n) is 19.7.